The van der Waals surface area contributed by atoms with Crippen molar-refractivity contribution in [2.75, 3.05) is 13.2 Å². The maximum absolute atomic E-state index is 13.5. The Morgan fingerprint density at radius 2 is 0.758 bits per heavy atom. The van der Waals surface area contributed by atoms with Crippen molar-refractivity contribution in [2.45, 2.75) is 397 Å². The lowest BCUT2D eigenvalue weighted by Crippen LogP contribution is -2.61. The number of hydrogen-bond donors (Lipinski definition) is 6. The summed E-state index contributed by atoms with van der Waals surface area (Å²) >= 11 is 0. The average molecular weight is 1330 g/mol. The van der Waals surface area contributed by atoms with Crippen molar-refractivity contribution in [1.82, 2.24) is 5.32 Å². The van der Waals surface area contributed by atoms with E-state index in [2.05, 4.69) is 123 Å². The summed E-state index contributed by atoms with van der Waals surface area (Å²) in [5.74, 6) is -1.19. The fourth-order valence-corrected chi connectivity index (χ4v) is 12.0. The smallest absolute Gasteiger partial charge is 0.306 e. The van der Waals surface area contributed by atoms with Gasteiger partial charge < -0.3 is 45.1 Å². The predicted molar refractivity (Wildman–Crippen MR) is 402 cm³/mol. The molecule has 1 heterocycles. The van der Waals surface area contributed by atoms with Crippen LogP contribution < -0.4 is 5.32 Å². The van der Waals surface area contributed by atoms with E-state index in [4.69, 9.17) is 14.2 Å². The lowest BCUT2D eigenvalue weighted by atomic mass is 9.99. The summed E-state index contributed by atoms with van der Waals surface area (Å²) in [4.78, 5) is 26.8. The van der Waals surface area contributed by atoms with Gasteiger partial charge in [0.05, 0.1) is 25.4 Å². The summed E-state index contributed by atoms with van der Waals surface area (Å²) in [5.41, 5.74) is 0. The predicted octanol–water partition coefficient (Wildman–Crippen LogP) is 21.5. The number of esters is 1. The maximum Gasteiger partial charge on any atom is 0.306 e. The van der Waals surface area contributed by atoms with Crippen molar-refractivity contribution >= 4 is 11.9 Å². The third-order valence-electron chi connectivity index (χ3n) is 18.2. The van der Waals surface area contributed by atoms with Crippen molar-refractivity contribution in [3.05, 3.63) is 109 Å². The van der Waals surface area contributed by atoms with Gasteiger partial charge in [-0.1, -0.05) is 342 Å². The van der Waals surface area contributed by atoms with Crippen molar-refractivity contribution < 1.29 is 49.3 Å². The number of amides is 1. The van der Waals surface area contributed by atoms with Crippen LogP contribution in [0.5, 0.6) is 0 Å². The molecule has 0 aromatic carbocycles. The van der Waals surface area contributed by atoms with Crippen LogP contribution in [0.2, 0.25) is 0 Å². The van der Waals surface area contributed by atoms with Crippen LogP contribution in [0.3, 0.4) is 0 Å². The van der Waals surface area contributed by atoms with Crippen LogP contribution in [-0.2, 0) is 23.8 Å². The molecular weight excluding hydrogens is 1180 g/mol. The highest BCUT2D eigenvalue weighted by molar-refractivity contribution is 5.80. The molecule has 11 heteroatoms. The van der Waals surface area contributed by atoms with E-state index in [9.17, 15) is 35.1 Å². The molecule has 8 unspecified atom stereocenters. The minimum atomic E-state index is -1.62. The number of ether oxygens (including phenoxy) is 3. The van der Waals surface area contributed by atoms with Crippen LogP contribution in [0.4, 0.5) is 0 Å². The molecule has 0 aromatic heterocycles. The summed E-state index contributed by atoms with van der Waals surface area (Å²) in [6.45, 7) is 5.69. The van der Waals surface area contributed by atoms with Crippen molar-refractivity contribution in [3.8, 4) is 0 Å². The van der Waals surface area contributed by atoms with Crippen molar-refractivity contribution in [3.63, 3.8) is 0 Å². The SMILES string of the molecule is CC/C=C\C/C=C\C/C=C\C/C=C\C/C=C\CCCCCCCCCCCCCC(=O)OC1C(OCC(NC(=O)C(O)CCCCCCCCCCCCCCC/C=C\C/C=C\C/C=C\CCCCC)C(O)/C=C/CCCCCCCCCCCCC)OC(CO)C(O)C1O. The van der Waals surface area contributed by atoms with E-state index in [-0.39, 0.29) is 19.4 Å². The van der Waals surface area contributed by atoms with Crippen LogP contribution >= 0.6 is 0 Å². The third kappa shape index (κ3) is 56.9. The van der Waals surface area contributed by atoms with Crippen molar-refractivity contribution in [2.24, 2.45) is 0 Å². The van der Waals surface area contributed by atoms with Gasteiger partial charge in [-0.3, -0.25) is 9.59 Å². The molecule has 1 amide bonds. The standard InChI is InChI=1S/C84H147NO10/c1-4-7-10-13-16-19-22-25-27-29-31-33-35-37-39-41-43-45-47-49-51-54-57-60-63-66-69-72-79(89)95-82-81(91)80(90)78(73-86)94-84(82)93-74-75(76(87)70-67-64-61-58-55-52-24-21-18-15-12-9-6-3)85-83(92)77(88)71-68-65-62-59-56-53-50-48-46-44-42-40-38-36-34-32-30-28-26-23-20-17-14-11-8-5-2/h7,10,16-17,19-20,25-28,31-34,37,39,67,70,75-78,80-82,84,86-88,90-91H,4-6,8-9,11-15,18,21-24,29-30,35-36,38,40-66,68-69,71-74H2,1-3H3,(H,85,92)/b10-7-,19-16-,20-17-,27-25-,28-26-,33-31-,34-32-,39-37-,70-67+. The molecule has 0 radical (unpaired) electrons. The zero-order chi connectivity index (χ0) is 68.8. The minimum Gasteiger partial charge on any atom is -0.454 e. The molecule has 11 nitrogen and oxygen atoms in total. The van der Waals surface area contributed by atoms with Crippen LogP contribution in [0.25, 0.3) is 0 Å². The van der Waals surface area contributed by atoms with E-state index in [0.717, 1.165) is 109 Å². The molecule has 0 spiro atoms. The van der Waals surface area contributed by atoms with E-state index < -0.39 is 67.4 Å². The van der Waals surface area contributed by atoms with Crippen LogP contribution in [0.1, 0.15) is 348 Å². The van der Waals surface area contributed by atoms with Gasteiger partial charge in [0, 0.05) is 6.42 Å². The van der Waals surface area contributed by atoms with Gasteiger partial charge in [0.2, 0.25) is 5.91 Å². The summed E-state index contributed by atoms with van der Waals surface area (Å²) in [6, 6.07) is -1.03. The van der Waals surface area contributed by atoms with E-state index in [1.54, 1.807) is 6.08 Å². The van der Waals surface area contributed by atoms with Crippen LogP contribution in [0, 0.1) is 0 Å². The Kier molecular flexibility index (Phi) is 66.0. The zero-order valence-corrected chi connectivity index (χ0v) is 61.3. The summed E-state index contributed by atoms with van der Waals surface area (Å²) < 4.78 is 17.8. The molecule has 1 aliphatic rings. The second kappa shape index (κ2) is 70.2. The number of allylic oxidation sites excluding steroid dienone is 17. The number of aliphatic hydroxyl groups is 5. The first-order chi connectivity index (χ1) is 46.7. The number of rotatable bonds is 68. The van der Waals surface area contributed by atoms with Gasteiger partial charge in [-0.25, -0.2) is 0 Å². The summed E-state index contributed by atoms with van der Waals surface area (Å²) in [5, 5.41) is 57.5. The Morgan fingerprint density at radius 1 is 0.421 bits per heavy atom. The third-order valence-corrected chi connectivity index (χ3v) is 18.2. The fraction of sp³-hybridized carbons (Fsp3) is 0.762. The summed E-state index contributed by atoms with van der Waals surface area (Å²) in [6.07, 6.45) is 87.0. The molecule has 8 atom stereocenters. The van der Waals surface area contributed by atoms with Crippen LogP contribution in [0.15, 0.2) is 109 Å². The van der Waals surface area contributed by atoms with Gasteiger partial charge in [0.1, 0.15) is 24.4 Å². The molecule has 0 aromatic rings. The highest BCUT2D eigenvalue weighted by atomic mass is 16.7. The van der Waals surface area contributed by atoms with Gasteiger partial charge in [-0.05, 0) is 109 Å². The Hall–Kier alpha value is -3.68. The first-order valence-electron chi connectivity index (χ1n) is 39.7. The first-order valence-corrected chi connectivity index (χ1v) is 39.7. The number of aliphatic hydroxyl groups excluding tert-OH is 5. The lowest BCUT2D eigenvalue weighted by Gasteiger charge is -2.41. The summed E-state index contributed by atoms with van der Waals surface area (Å²) in [7, 11) is 0. The molecule has 1 aliphatic heterocycles. The monoisotopic (exact) mass is 1330 g/mol. The second-order valence-corrected chi connectivity index (χ2v) is 27.1. The average Bonchev–Trinajstić information content (AvgIpc) is 0.823. The number of hydrogen-bond acceptors (Lipinski definition) is 10. The quantitative estimate of drug-likeness (QED) is 0.0195. The number of nitrogens with one attached hydrogen (secondary N) is 1. The molecule has 6 N–H and O–H groups in total. The van der Waals surface area contributed by atoms with Gasteiger partial charge in [-0.2, -0.15) is 0 Å². The van der Waals surface area contributed by atoms with E-state index in [0.29, 0.717) is 12.8 Å². The Morgan fingerprint density at radius 3 is 1.16 bits per heavy atom. The van der Waals surface area contributed by atoms with Gasteiger partial charge in [0.25, 0.3) is 0 Å². The molecule has 1 rings (SSSR count). The topological polar surface area (TPSA) is 175 Å². The van der Waals surface area contributed by atoms with E-state index >= 15 is 0 Å². The highest BCUT2D eigenvalue weighted by Gasteiger charge is 2.47. The fourth-order valence-electron chi connectivity index (χ4n) is 12.0. The van der Waals surface area contributed by atoms with Crippen molar-refractivity contribution in [1.29, 1.82) is 0 Å². The largest absolute Gasteiger partial charge is 0.454 e. The van der Waals surface area contributed by atoms with Gasteiger partial charge in [0.15, 0.2) is 12.4 Å². The number of carbonyl (C=O) groups is 2. The second-order valence-electron chi connectivity index (χ2n) is 27.1. The molecule has 1 fully saturated rings. The number of unbranched alkanes of at least 4 members (excludes halogenated alkanes) is 38. The molecule has 0 aliphatic carbocycles. The van der Waals surface area contributed by atoms with Crippen LogP contribution in [-0.4, -0.2) is 99.6 Å². The first kappa shape index (κ1) is 89.3. The molecule has 0 bridgehead atoms. The maximum atomic E-state index is 13.5. The number of carbonyl (C=O) groups excluding carboxylic acids is 2. The normalized spacial score (nSPS) is 18.3. The van der Waals surface area contributed by atoms with E-state index in [1.165, 1.54) is 193 Å². The Balaban J connectivity index is 2.52. The molecule has 1 saturated heterocycles. The molecule has 0 saturated carbocycles. The molecular formula is C84H147NO10. The van der Waals surface area contributed by atoms with Gasteiger partial charge >= 0.3 is 5.97 Å². The Labute approximate surface area is 583 Å². The molecule has 548 valence electrons. The van der Waals surface area contributed by atoms with E-state index in [1.807, 2.05) is 6.08 Å². The molecule has 95 heavy (non-hydrogen) atoms. The lowest BCUT2D eigenvalue weighted by molar-refractivity contribution is -0.305. The van der Waals surface area contributed by atoms with Gasteiger partial charge in [-0.15, -0.1) is 0 Å². The zero-order valence-electron chi connectivity index (χ0n) is 61.3. The highest BCUT2D eigenvalue weighted by Crippen LogP contribution is 2.26. The minimum absolute atomic E-state index is 0.116. The Bertz CT molecular complexity index is 1970.